The molecule has 4 bridgehead atoms. The number of amides is 2. The molecule has 2 aliphatic rings. The third-order valence-electron chi connectivity index (χ3n) is 12.5. The summed E-state index contributed by atoms with van der Waals surface area (Å²) in [5, 5.41) is 22.8. The predicted octanol–water partition coefficient (Wildman–Crippen LogP) is 5.70. The lowest BCUT2D eigenvalue weighted by atomic mass is 9.88. The van der Waals surface area contributed by atoms with Crippen molar-refractivity contribution in [3.05, 3.63) is 88.7 Å². The van der Waals surface area contributed by atoms with Gasteiger partial charge in [0.25, 0.3) is 0 Å². The Morgan fingerprint density at radius 3 is 2.15 bits per heavy atom. The minimum absolute atomic E-state index is 0.0433. The number of Topliss-reactive ketones (excluding diaryl/α,β-unsaturated/α-hetero) is 3. The standard InChI is InChI=1S/C52H63N7O9/c1-31-25-45(63)49(36-15-19-47(67-24-22-55)41(28-36)40-26-34(12-18-46(40)66-23-21-54)27-42(58-51(31)64)43(61)11-8-20-53)59(4)52(65)37(30-60)29-44(62)48-32(2)56-50(57-33(48)3)35-13-16-39(17-14-35)68-38-9-6-5-7-10-38/h12-19,26,28,31,37-38,42,49,60H,5-11,21-25,27,29-30,54-55H2,1-4H3,(H,58,64)/t31-,37+,42+,49+/m1/s1. The molecule has 6 rings (SSSR count). The lowest BCUT2D eigenvalue weighted by molar-refractivity contribution is -0.143. The number of likely N-dealkylation sites (N-methyl/N-ethyl adjacent to an activating group) is 1. The first-order valence-corrected chi connectivity index (χ1v) is 23.4. The van der Waals surface area contributed by atoms with Crippen LogP contribution in [0.3, 0.4) is 0 Å². The number of hydrogen-bond acceptors (Lipinski definition) is 14. The fourth-order valence-corrected chi connectivity index (χ4v) is 8.99. The number of fused-ring (bicyclic) bond motifs is 5. The van der Waals surface area contributed by atoms with Gasteiger partial charge in [-0.1, -0.05) is 25.5 Å². The van der Waals surface area contributed by atoms with Crippen LogP contribution in [-0.2, 0) is 25.6 Å². The van der Waals surface area contributed by atoms with Gasteiger partial charge in [0.1, 0.15) is 36.5 Å². The van der Waals surface area contributed by atoms with E-state index in [0.29, 0.717) is 51.0 Å². The number of benzene rings is 3. The fraction of sp³-hybridized carbons (Fsp3) is 0.462. The minimum atomic E-state index is -1.32. The molecule has 1 aliphatic heterocycles. The molecule has 0 radical (unpaired) electrons. The molecule has 1 aromatic heterocycles. The SMILES string of the molecule is Cc1nc(-c2ccc(OC3CCCCC3)cc2)nc(C)c1C(=O)C[C@@H](CO)C(=O)N(C)[C@@H]1C(=O)C[C@@H](C)C(=O)N[C@H](C(=O)CCC#N)Cc2ccc(OCCN)c(c2)-c2cc1ccc2OCCN. The van der Waals surface area contributed by atoms with Gasteiger partial charge in [-0.2, -0.15) is 5.26 Å². The normalized spacial score (nSPS) is 18.1. The number of hydrogen-bond donors (Lipinski definition) is 4. The van der Waals surface area contributed by atoms with Crippen molar-refractivity contribution in [2.75, 3.05) is 40.0 Å². The zero-order valence-electron chi connectivity index (χ0n) is 39.4. The molecule has 360 valence electrons. The fourth-order valence-electron chi connectivity index (χ4n) is 8.99. The highest BCUT2D eigenvalue weighted by atomic mass is 16.5. The Bertz CT molecular complexity index is 2480. The lowest BCUT2D eigenvalue weighted by Gasteiger charge is -2.32. The quantitative estimate of drug-likeness (QED) is 0.0874. The topological polar surface area (TPSA) is 250 Å². The monoisotopic (exact) mass is 929 g/mol. The summed E-state index contributed by atoms with van der Waals surface area (Å²) < 4.78 is 18.4. The van der Waals surface area contributed by atoms with Crippen molar-refractivity contribution in [2.45, 2.75) is 103 Å². The number of aliphatic hydroxyl groups is 1. The molecule has 2 heterocycles. The van der Waals surface area contributed by atoms with Crippen LogP contribution in [0.5, 0.6) is 17.2 Å². The number of carbonyl (C=O) groups excluding carboxylic acids is 5. The van der Waals surface area contributed by atoms with E-state index >= 15 is 0 Å². The van der Waals surface area contributed by atoms with Gasteiger partial charge in [0.05, 0.1) is 47.7 Å². The summed E-state index contributed by atoms with van der Waals surface area (Å²) in [4.78, 5) is 81.2. The van der Waals surface area contributed by atoms with Crippen LogP contribution >= 0.6 is 0 Å². The molecule has 68 heavy (non-hydrogen) atoms. The number of rotatable bonds is 18. The molecular formula is C52H63N7O9. The Hall–Kier alpha value is -6.54. The van der Waals surface area contributed by atoms with Crippen molar-refractivity contribution >= 4 is 29.2 Å². The maximum Gasteiger partial charge on any atom is 0.229 e. The average molecular weight is 930 g/mol. The van der Waals surface area contributed by atoms with Crippen molar-refractivity contribution < 1.29 is 43.3 Å². The molecule has 16 heteroatoms. The molecule has 1 saturated carbocycles. The van der Waals surface area contributed by atoms with E-state index in [1.54, 1.807) is 57.2 Å². The highest BCUT2D eigenvalue weighted by molar-refractivity contribution is 6.01. The minimum Gasteiger partial charge on any atom is -0.492 e. The van der Waals surface area contributed by atoms with Gasteiger partial charge >= 0.3 is 0 Å². The molecule has 2 amide bonds. The number of nitriles is 1. The Kier molecular flexibility index (Phi) is 17.9. The smallest absolute Gasteiger partial charge is 0.229 e. The van der Waals surface area contributed by atoms with Gasteiger partial charge in [-0.15, -0.1) is 0 Å². The van der Waals surface area contributed by atoms with Crippen molar-refractivity contribution in [3.63, 3.8) is 0 Å². The van der Waals surface area contributed by atoms with Gasteiger partial charge < -0.3 is 41.0 Å². The van der Waals surface area contributed by atoms with Gasteiger partial charge in [-0.25, -0.2) is 9.97 Å². The summed E-state index contributed by atoms with van der Waals surface area (Å²) >= 11 is 0. The predicted molar refractivity (Wildman–Crippen MR) is 255 cm³/mol. The summed E-state index contributed by atoms with van der Waals surface area (Å²) in [6.45, 7) is 4.95. The first-order valence-electron chi connectivity index (χ1n) is 23.4. The number of carbonyl (C=O) groups is 5. The largest absolute Gasteiger partial charge is 0.492 e. The van der Waals surface area contributed by atoms with E-state index in [9.17, 15) is 34.3 Å². The van der Waals surface area contributed by atoms with E-state index < -0.39 is 60.3 Å². The number of nitrogens with zero attached hydrogens (tertiary/aromatic N) is 4. The summed E-state index contributed by atoms with van der Waals surface area (Å²) in [5.41, 5.74) is 15.5. The number of nitrogens with two attached hydrogens (primary N) is 2. The first kappa shape index (κ1) is 50.9. The van der Waals surface area contributed by atoms with E-state index in [1.165, 1.54) is 18.4 Å². The molecule has 16 nitrogen and oxygen atoms in total. The average Bonchev–Trinajstić information content (AvgIpc) is 3.33. The molecule has 0 unspecified atom stereocenters. The highest BCUT2D eigenvalue weighted by Crippen LogP contribution is 2.41. The third-order valence-corrected chi connectivity index (χ3v) is 12.5. The van der Waals surface area contributed by atoms with Crippen LogP contribution in [0.15, 0.2) is 60.7 Å². The highest BCUT2D eigenvalue weighted by Gasteiger charge is 2.37. The summed E-state index contributed by atoms with van der Waals surface area (Å²) in [5.74, 6) is -2.80. The first-order chi connectivity index (χ1) is 32.8. The molecule has 1 fully saturated rings. The molecule has 4 atom stereocenters. The molecule has 0 saturated heterocycles. The van der Waals surface area contributed by atoms with Gasteiger partial charge in [0, 0.05) is 68.4 Å². The summed E-state index contributed by atoms with van der Waals surface area (Å²) in [6, 6.07) is 17.5. The van der Waals surface area contributed by atoms with E-state index in [4.69, 9.17) is 25.7 Å². The van der Waals surface area contributed by atoms with Crippen LogP contribution in [0.2, 0.25) is 0 Å². The van der Waals surface area contributed by atoms with E-state index in [1.807, 2.05) is 30.3 Å². The number of aliphatic hydroxyl groups excluding tert-OH is 1. The van der Waals surface area contributed by atoms with Gasteiger partial charge in [0.15, 0.2) is 23.2 Å². The molecule has 1 aliphatic carbocycles. The second-order valence-electron chi connectivity index (χ2n) is 17.7. The Morgan fingerprint density at radius 1 is 0.897 bits per heavy atom. The van der Waals surface area contributed by atoms with Gasteiger partial charge in [0.2, 0.25) is 11.8 Å². The molecule has 0 spiro atoms. The van der Waals surface area contributed by atoms with Gasteiger partial charge in [-0.3, -0.25) is 24.0 Å². The van der Waals surface area contributed by atoms with Crippen LogP contribution in [0.1, 0.15) is 104 Å². The zero-order chi connectivity index (χ0) is 48.9. The van der Waals surface area contributed by atoms with Crippen molar-refractivity contribution in [1.29, 1.82) is 5.26 Å². The number of nitrogens with one attached hydrogen (secondary N) is 1. The molecular weight excluding hydrogens is 867 g/mol. The van der Waals surface area contributed by atoms with Crippen molar-refractivity contribution in [1.82, 2.24) is 20.2 Å². The molecule has 4 aromatic rings. The Balaban J connectivity index is 1.33. The molecule has 6 N–H and O–H groups in total. The number of aromatic nitrogens is 2. The van der Waals surface area contributed by atoms with E-state index in [2.05, 4.69) is 15.3 Å². The second-order valence-corrected chi connectivity index (χ2v) is 17.7. The van der Waals surface area contributed by atoms with Crippen molar-refractivity contribution in [2.24, 2.45) is 23.3 Å². The second kappa shape index (κ2) is 24.0. The van der Waals surface area contributed by atoms with E-state index in [-0.39, 0.29) is 69.4 Å². The van der Waals surface area contributed by atoms with Crippen LogP contribution < -0.4 is 31.0 Å². The van der Waals surface area contributed by atoms with Crippen LogP contribution in [0, 0.1) is 37.0 Å². The number of ketones is 3. The van der Waals surface area contributed by atoms with Crippen molar-refractivity contribution in [3.8, 4) is 45.8 Å². The maximum absolute atomic E-state index is 14.7. The Labute approximate surface area is 397 Å². The lowest BCUT2D eigenvalue weighted by Crippen LogP contribution is -2.46. The maximum atomic E-state index is 14.7. The zero-order valence-corrected chi connectivity index (χ0v) is 39.4. The van der Waals surface area contributed by atoms with Gasteiger partial charge in [-0.05, 0) is 106 Å². The number of aryl methyl sites for hydroxylation is 2. The van der Waals surface area contributed by atoms with Crippen LogP contribution in [-0.4, -0.2) is 101 Å². The van der Waals surface area contributed by atoms with Crippen LogP contribution in [0.4, 0.5) is 0 Å². The summed E-state index contributed by atoms with van der Waals surface area (Å²) in [6.07, 6.45) is 5.03. The van der Waals surface area contributed by atoms with E-state index in [0.717, 1.165) is 37.0 Å². The third kappa shape index (κ3) is 12.5. The molecule has 3 aromatic carbocycles. The van der Waals surface area contributed by atoms with Crippen LogP contribution in [0.25, 0.3) is 22.5 Å². The number of ether oxygens (including phenoxy) is 3. The Morgan fingerprint density at radius 2 is 1.53 bits per heavy atom. The summed E-state index contributed by atoms with van der Waals surface area (Å²) in [7, 11) is 1.42.